The third-order valence-electron chi connectivity index (χ3n) is 5.78. The van der Waals surface area contributed by atoms with Gasteiger partial charge in [0.15, 0.2) is 11.5 Å². The highest BCUT2D eigenvalue weighted by atomic mass is 16.5. The highest BCUT2D eigenvalue weighted by Crippen LogP contribution is 2.56. The van der Waals surface area contributed by atoms with Gasteiger partial charge in [0.1, 0.15) is 6.10 Å². The second-order valence-corrected chi connectivity index (χ2v) is 7.49. The van der Waals surface area contributed by atoms with E-state index in [1.807, 2.05) is 30.3 Å². The lowest BCUT2D eigenvalue weighted by atomic mass is 9.69. The Bertz CT molecular complexity index is 867. The summed E-state index contributed by atoms with van der Waals surface area (Å²) in [5, 5.41) is 10.1. The highest BCUT2D eigenvalue weighted by molar-refractivity contribution is 5.61. The highest BCUT2D eigenvalue weighted by Gasteiger charge is 2.52. The maximum atomic E-state index is 10.1. The van der Waals surface area contributed by atoms with Crippen LogP contribution in [0.2, 0.25) is 0 Å². The van der Waals surface area contributed by atoms with Crippen molar-refractivity contribution in [3.05, 3.63) is 59.8 Å². The number of aromatic nitrogens is 1. The summed E-state index contributed by atoms with van der Waals surface area (Å²) in [7, 11) is 2.15. The molecule has 0 radical (unpaired) electrons. The van der Waals surface area contributed by atoms with Crippen LogP contribution in [0.4, 0.5) is 0 Å². The molecule has 1 aliphatic carbocycles. The summed E-state index contributed by atoms with van der Waals surface area (Å²) in [6, 6.07) is 9.73. The lowest BCUT2D eigenvalue weighted by Gasteiger charge is -2.35. The molecule has 5 rings (SSSR count). The normalized spacial score (nSPS) is 29.5. The summed E-state index contributed by atoms with van der Waals surface area (Å²) in [5.74, 6) is 2.06. The van der Waals surface area contributed by atoms with E-state index in [9.17, 15) is 5.11 Å². The van der Waals surface area contributed by atoms with Gasteiger partial charge in [0.25, 0.3) is 0 Å². The molecule has 0 fully saturated rings. The molecule has 2 aromatic rings. The number of hydrogen-bond acceptors (Lipinski definition) is 5. The van der Waals surface area contributed by atoms with Gasteiger partial charge in [0.05, 0.1) is 11.5 Å². The molecule has 3 heterocycles. The van der Waals surface area contributed by atoms with Gasteiger partial charge in [-0.2, -0.15) is 0 Å². The molecule has 26 heavy (non-hydrogen) atoms. The lowest BCUT2D eigenvalue weighted by Crippen LogP contribution is -2.42. The Morgan fingerprint density at radius 1 is 1.31 bits per heavy atom. The monoisotopic (exact) mass is 350 g/mol. The number of benzene rings is 1. The molecule has 1 aromatic heterocycles. The summed E-state index contributed by atoms with van der Waals surface area (Å²) in [5.41, 5.74) is 2.32. The predicted octanol–water partition coefficient (Wildman–Crippen LogP) is 3.03. The summed E-state index contributed by atoms with van der Waals surface area (Å²) in [6.07, 6.45) is 6.89. The van der Waals surface area contributed by atoms with Crippen LogP contribution in [0.5, 0.6) is 17.4 Å². The molecule has 3 atom stereocenters. The van der Waals surface area contributed by atoms with Gasteiger partial charge in [-0.15, -0.1) is 0 Å². The van der Waals surface area contributed by atoms with Crippen molar-refractivity contribution in [1.82, 2.24) is 9.88 Å². The van der Waals surface area contributed by atoms with E-state index in [1.165, 1.54) is 11.1 Å². The number of ether oxygens (including phenoxy) is 2. The van der Waals surface area contributed by atoms with E-state index in [0.717, 1.165) is 25.3 Å². The van der Waals surface area contributed by atoms with Crippen molar-refractivity contribution in [1.29, 1.82) is 0 Å². The van der Waals surface area contributed by atoms with Gasteiger partial charge in [0, 0.05) is 30.8 Å². The summed E-state index contributed by atoms with van der Waals surface area (Å²) < 4.78 is 12.5. The lowest BCUT2D eigenvalue weighted by molar-refractivity contribution is 0.0824. The van der Waals surface area contributed by atoms with E-state index in [-0.39, 0.29) is 11.5 Å². The molecule has 0 amide bonds. The number of pyridine rings is 1. The van der Waals surface area contributed by atoms with Gasteiger partial charge in [0.2, 0.25) is 5.88 Å². The predicted molar refractivity (Wildman–Crippen MR) is 97.6 cm³/mol. The Hall–Kier alpha value is -2.37. The van der Waals surface area contributed by atoms with Crippen LogP contribution >= 0.6 is 0 Å². The van der Waals surface area contributed by atoms with Crippen LogP contribution in [0.1, 0.15) is 24.0 Å². The van der Waals surface area contributed by atoms with Crippen LogP contribution < -0.4 is 9.47 Å². The first-order valence-corrected chi connectivity index (χ1v) is 9.13. The topological polar surface area (TPSA) is 54.8 Å². The third-order valence-corrected chi connectivity index (χ3v) is 5.78. The Morgan fingerprint density at radius 3 is 3.08 bits per heavy atom. The average Bonchev–Trinajstić information content (AvgIpc) is 2.90. The molecule has 3 aliphatic rings. The Labute approximate surface area is 152 Å². The third kappa shape index (κ3) is 2.35. The minimum absolute atomic E-state index is 0.0590. The SMILES string of the molecule is CN1CC[C@@]23C=C[C@H](O)C[C@@H]2Oc2c(Oc4ccccn4)ccc(c23)C1. The first kappa shape index (κ1) is 15.9. The van der Waals surface area contributed by atoms with Gasteiger partial charge in [-0.25, -0.2) is 4.98 Å². The van der Waals surface area contributed by atoms with E-state index >= 15 is 0 Å². The van der Waals surface area contributed by atoms with E-state index in [0.29, 0.717) is 18.1 Å². The first-order chi connectivity index (χ1) is 12.7. The average molecular weight is 350 g/mol. The minimum atomic E-state index is -0.454. The molecule has 134 valence electrons. The van der Waals surface area contributed by atoms with E-state index in [1.54, 1.807) is 6.20 Å². The van der Waals surface area contributed by atoms with Gasteiger partial charge < -0.3 is 19.5 Å². The molecule has 0 bridgehead atoms. The van der Waals surface area contributed by atoms with Gasteiger partial charge in [-0.05, 0) is 37.7 Å². The fourth-order valence-electron chi connectivity index (χ4n) is 4.52. The fraction of sp³-hybridized carbons (Fsp3) is 0.381. The summed E-state index contributed by atoms with van der Waals surface area (Å²) in [6.45, 7) is 1.88. The molecule has 0 unspecified atom stereocenters. The van der Waals surface area contributed by atoms with Crippen LogP contribution in [-0.4, -0.2) is 40.8 Å². The molecule has 5 nitrogen and oxygen atoms in total. The molecule has 1 spiro atoms. The molecule has 0 saturated heterocycles. The maximum Gasteiger partial charge on any atom is 0.219 e. The molecular weight excluding hydrogens is 328 g/mol. The van der Waals surface area contributed by atoms with E-state index in [2.05, 4.69) is 29.1 Å². The van der Waals surface area contributed by atoms with Crippen molar-refractivity contribution >= 4 is 0 Å². The van der Waals surface area contributed by atoms with Gasteiger partial charge >= 0.3 is 0 Å². The summed E-state index contributed by atoms with van der Waals surface area (Å²) >= 11 is 0. The van der Waals surface area contributed by atoms with Crippen molar-refractivity contribution in [2.45, 2.75) is 37.0 Å². The number of aliphatic hydroxyl groups excluding tert-OH is 1. The first-order valence-electron chi connectivity index (χ1n) is 9.13. The molecular formula is C21H22N2O3. The standard InChI is InChI=1S/C21H22N2O3/c1-23-11-9-21-8-7-15(24)12-17(21)26-20-16(6-5-14(13-23)19(20)21)25-18-4-2-3-10-22-18/h2-8,10,15,17,24H,9,11-13H2,1H3/t15-,17-,21-/m0/s1. The Morgan fingerprint density at radius 2 is 2.23 bits per heavy atom. The molecule has 2 aliphatic heterocycles. The quantitative estimate of drug-likeness (QED) is 0.844. The van der Waals surface area contributed by atoms with Crippen molar-refractivity contribution < 1.29 is 14.6 Å². The molecule has 0 saturated carbocycles. The Balaban J connectivity index is 1.65. The zero-order chi connectivity index (χ0) is 17.7. The minimum Gasteiger partial charge on any atom is -0.485 e. The second kappa shape index (κ2) is 5.83. The number of hydrogen-bond donors (Lipinski definition) is 1. The van der Waals surface area contributed by atoms with Crippen molar-refractivity contribution in [2.75, 3.05) is 13.6 Å². The van der Waals surface area contributed by atoms with Crippen LogP contribution in [0, 0.1) is 0 Å². The van der Waals surface area contributed by atoms with Gasteiger partial charge in [-0.3, -0.25) is 0 Å². The fourth-order valence-corrected chi connectivity index (χ4v) is 4.52. The largest absolute Gasteiger partial charge is 0.485 e. The number of rotatable bonds is 2. The van der Waals surface area contributed by atoms with Crippen LogP contribution in [0.15, 0.2) is 48.7 Å². The second-order valence-electron chi connectivity index (χ2n) is 7.49. The zero-order valence-corrected chi connectivity index (χ0v) is 14.8. The summed E-state index contributed by atoms with van der Waals surface area (Å²) in [4.78, 5) is 6.61. The number of aliphatic hydroxyl groups is 1. The maximum absolute atomic E-state index is 10.1. The number of nitrogens with zero attached hydrogens (tertiary/aromatic N) is 2. The van der Waals surface area contributed by atoms with Crippen LogP contribution in [0.25, 0.3) is 0 Å². The van der Waals surface area contributed by atoms with Gasteiger partial charge in [-0.1, -0.05) is 24.3 Å². The van der Waals surface area contributed by atoms with Crippen LogP contribution in [0.3, 0.4) is 0 Å². The Kier molecular flexibility index (Phi) is 3.55. The smallest absolute Gasteiger partial charge is 0.219 e. The molecule has 1 aromatic carbocycles. The molecule has 1 N–H and O–H groups in total. The zero-order valence-electron chi connectivity index (χ0n) is 14.8. The van der Waals surface area contributed by atoms with Crippen molar-refractivity contribution in [3.63, 3.8) is 0 Å². The van der Waals surface area contributed by atoms with E-state index < -0.39 is 6.10 Å². The van der Waals surface area contributed by atoms with Crippen molar-refractivity contribution in [2.24, 2.45) is 0 Å². The van der Waals surface area contributed by atoms with Crippen molar-refractivity contribution in [3.8, 4) is 17.4 Å². The van der Waals surface area contributed by atoms with E-state index in [4.69, 9.17) is 9.47 Å². The van der Waals surface area contributed by atoms with Crippen LogP contribution in [-0.2, 0) is 12.0 Å². The molecule has 5 heteroatoms.